The Labute approximate surface area is 179 Å². The maximum Gasteiger partial charge on any atom is 0.326 e. The minimum atomic E-state index is -1.31. The molecule has 12 heteroatoms. The first-order valence-electron chi connectivity index (χ1n) is 9.80. The highest BCUT2D eigenvalue weighted by Crippen LogP contribution is 2.07. The molecule has 170 valence electrons. The lowest BCUT2D eigenvalue weighted by Gasteiger charge is -2.23. The molecule has 4 unspecified atom stereocenters. The third-order valence-corrected chi connectivity index (χ3v) is 5.31. The van der Waals surface area contributed by atoms with Crippen LogP contribution in [0, 0.1) is 0 Å². The number of hydrogen-bond acceptors (Lipinski definition) is 7. The Morgan fingerprint density at radius 3 is 2.33 bits per heavy atom. The molecular formula is C18H31N5O6S. The van der Waals surface area contributed by atoms with E-state index in [2.05, 4.69) is 21.3 Å². The number of aliphatic carboxylic acids is 1. The molecule has 0 aromatic heterocycles. The van der Waals surface area contributed by atoms with Crippen LogP contribution in [0.4, 0.5) is 0 Å². The van der Waals surface area contributed by atoms with Gasteiger partial charge in [-0.05, 0) is 51.2 Å². The molecular weight excluding hydrogens is 414 g/mol. The molecule has 0 aromatic rings. The Kier molecular flexibility index (Phi) is 11.2. The van der Waals surface area contributed by atoms with Crippen LogP contribution in [0.15, 0.2) is 0 Å². The van der Waals surface area contributed by atoms with Crippen molar-refractivity contribution in [3.05, 3.63) is 0 Å². The topological polar surface area (TPSA) is 180 Å². The van der Waals surface area contributed by atoms with Gasteiger partial charge in [-0.25, -0.2) is 4.79 Å². The van der Waals surface area contributed by atoms with Gasteiger partial charge in [0.15, 0.2) is 0 Å². The molecule has 7 N–H and O–H groups in total. The number of thioether (sulfide) groups is 1. The smallest absolute Gasteiger partial charge is 0.326 e. The van der Waals surface area contributed by atoms with E-state index in [0.29, 0.717) is 18.6 Å². The van der Waals surface area contributed by atoms with E-state index in [9.17, 15) is 29.1 Å². The maximum atomic E-state index is 12.6. The fourth-order valence-corrected chi connectivity index (χ4v) is 3.38. The van der Waals surface area contributed by atoms with Crippen LogP contribution in [0.2, 0.25) is 0 Å². The summed E-state index contributed by atoms with van der Waals surface area (Å²) in [7, 11) is 0. The second-order valence-electron chi connectivity index (χ2n) is 7.13. The van der Waals surface area contributed by atoms with Crippen LogP contribution in [-0.2, 0) is 24.0 Å². The Morgan fingerprint density at radius 2 is 1.80 bits per heavy atom. The second-order valence-corrected chi connectivity index (χ2v) is 8.11. The van der Waals surface area contributed by atoms with Crippen LogP contribution >= 0.6 is 11.8 Å². The van der Waals surface area contributed by atoms with E-state index in [1.54, 1.807) is 0 Å². The highest BCUT2D eigenvalue weighted by molar-refractivity contribution is 7.98. The van der Waals surface area contributed by atoms with Gasteiger partial charge in [-0.1, -0.05) is 0 Å². The van der Waals surface area contributed by atoms with Crippen LogP contribution in [0.3, 0.4) is 0 Å². The number of nitrogens with two attached hydrogens (primary N) is 1. The summed E-state index contributed by atoms with van der Waals surface area (Å²) >= 11 is 1.52. The predicted octanol–water partition coefficient (Wildman–Crippen LogP) is -1.68. The molecule has 1 rings (SSSR count). The first-order valence-corrected chi connectivity index (χ1v) is 11.2. The van der Waals surface area contributed by atoms with Gasteiger partial charge < -0.3 is 32.1 Å². The van der Waals surface area contributed by atoms with Gasteiger partial charge in [0, 0.05) is 6.42 Å². The third kappa shape index (κ3) is 8.99. The Morgan fingerprint density at radius 1 is 1.10 bits per heavy atom. The summed E-state index contributed by atoms with van der Waals surface area (Å²) in [6.45, 7) is 2.16. The molecule has 0 spiro atoms. The zero-order valence-corrected chi connectivity index (χ0v) is 18.0. The lowest BCUT2D eigenvalue weighted by molar-refractivity contribution is -0.142. The molecule has 1 fully saturated rings. The predicted molar refractivity (Wildman–Crippen MR) is 112 cm³/mol. The summed E-state index contributed by atoms with van der Waals surface area (Å²) in [5.74, 6) is -2.86. The molecule has 0 aliphatic carbocycles. The summed E-state index contributed by atoms with van der Waals surface area (Å²) < 4.78 is 0. The van der Waals surface area contributed by atoms with Crippen molar-refractivity contribution in [3.63, 3.8) is 0 Å². The molecule has 0 radical (unpaired) electrons. The van der Waals surface area contributed by atoms with Crippen molar-refractivity contribution in [1.29, 1.82) is 0 Å². The molecule has 11 nitrogen and oxygen atoms in total. The van der Waals surface area contributed by atoms with Crippen molar-refractivity contribution < 1.29 is 29.1 Å². The fourth-order valence-electron chi connectivity index (χ4n) is 2.91. The molecule has 1 aliphatic heterocycles. The van der Waals surface area contributed by atoms with Crippen molar-refractivity contribution in [2.45, 2.75) is 63.2 Å². The molecule has 1 aliphatic rings. The van der Waals surface area contributed by atoms with E-state index in [0.717, 1.165) is 13.0 Å². The van der Waals surface area contributed by atoms with Gasteiger partial charge in [0.1, 0.15) is 18.1 Å². The van der Waals surface area contributed by atoms with Gasteiger partial charge in [0.25, 0.3) is 0 Å². The number of carbonyl (C=O) groups is 5. The zero-order chi connectivity index (χ0) is 22.7. The van der Waals surface area contributed by atoms with Crippen molar-refractivity contribution in [2.24, 2.45) is 5.73 Å². The van der Waals surface area contributed by atoms with Crippen LogP contribution in [0.25, 0.3) is 0 Å². The average molecular weight is 446 g/mol. The molecule has 1 heterocycles. The van der Waals surface area contributed by atoms with Gasteiger partial charge in [0.05, 0.1) is 6.04 Å². The van der Waals surface area contributed by atoms with Crippen molar-refractivity contribution in [3.8, 4) is 0 Å². The second kappa shape index (κ2) is 13.1. The number of amides is 4. The number of carboxylic acid groups (broad SMARTS) is 1. The number of carbonyl (C=O) groups excluding carboxylic acids is 4. The normalized spacial score (nSPS) is 18.7. The molecule has 4 atom stereocenters. The Balaban J connectivity index is 2.66. The summed E-state index contributed by atoms with van der Waals surface area (Å²) in [6.07, 6.45) is 3.49. The quantitative estimate of drug-likeness (QED) is 0.194. The monoisotopic (exact) mass is 445 g/mol. The zero-order valence-electron chi connectivity index (χ0n) is 17.2. The highest BCUT2D eigenvalue weighted by atomic mass is 32.2. The molecule has 4 amide bonds. The van der Waals surface area contributed by atoms with Crippen LogP contribution < -0.4 is 27.0 Å². The van der Waals surface area contributed by atoms with Gasteiger partial charge in [-0.15, -0.1) is 0 Å². The molecule has 30 heavy (non-hydrogen) atoms. The largest absolute Gasteiger partial charge is 0.480 e. The number of nitrogens with one attached hydrogen (secondary N) is 4. The molecule has 0 saturated carbocycles. The maximum absolute atomic E-state index is 12.6. The number of rotatable bonds is 13. The van der Waals surface area contributed by atoms with Gasteiger partial charge in [0.2, 0.25) is 23.6 Å². The summed E-state index contributed by atoms with van der Waals surface area (Å²) in [5.41, 5.74) is 5.01. The van der Waals surface area contributed by atoms with Gasteiger partial charge in [-0.2, -0.15) is 11.8 Å². The first kappa shape index (κ1) is 25.7. The van der Waals surface area contributed by atoms with Crippen LogP contribution in [-0.4, -0.2) is 77.4 Å². The highest BCUT2D eigenvalue weighted by Gasteiger charge is 2.29. The van der Waals surface area contributed by atoms with Gasteiger partial charge >= 0.3 is 5.97 Å². The fraction of sp³-hybridized carbons (Fsp3) is 0.722. The molecule has 1 saturated heterocycles. The van der Waals surface area contributed by atoms with E-state index in [4.69, 9.17) is 5.73 Å². The lowest BCUT2D eigenvalue weighted by atomic mass is 10.1. The Bertz CT molecular complexity index is 641. The minimum Gasteiger partial charge on any atom is -0.480 e. The van der Waals surface area contributed by atoms with Crippen molar-refractivity contribution in [1.82, 2.24) is 21.3 Å². The minimum absolute atomic E-state index is 0.155. The van der Waals surface area contributed by atoms with E-state index >= 15 is 0 Å². The lowest BCUT2D eigenvalue weighted by Crippen LogP contribution is -2.56. The van der Waals surface area contributed by atoms with E-state index < -0.39 is 41.8 Å². The van der Waals surface area contributed by atoms with E-state index in [-0.39, 0.29) is 24.8 Å². The summed E-state index contributed by atoms with van der Waals surface area (Å²) in [5, 5.41) is 19.8. The standard InChI is InChI=1S/C18H31N5O6S/c1-10(15(25)23-13(18(28)29)5-6-14(19)24)21-17(27)12(7-9-30-2)22-16(26)11-4-3-8-20-11/h10-13,20H,3-9H2,1-2H3,(H2,19,24)(H,21,27)(H,22,26)(H,23,25)(H,28,29). The van der Waals surface area contributed by atoms with Crippen molar-refractivity contribution in [2.75, 3.05) is 18.6 Å². The van der Waals surface area contributed by atoms with Crippen LogP contribution in [0.1, 0.15) is 39.0 Å². The molecule has 0 aromatic carbocycles. The number of primary amides is 1. The van der Waals surface area contributed by atoms with Crippen molar-refractivity contribution >= 4 is 41.4 Å². The first-order chi connectivity index (χ1) is 14.1. The SMILES string of the molecule is CSCCC(NC(=O)C1CCCN1)C(=O)NC(C)C(=O)NC(CCC(N)=O)C(=O)O. The summed E-state index contributed by atoms with van der Waals surface area (Å²) in [6, 6.07) is -3.49. The van der Waals surface area contributed by atoms with Crippen LogP contribution in [0.5, 0.6) is 0 Å². The third-order valence-electron chi connectivity index (χ3n) is 4.67. The summed E-state index contributed by atoms with van der Waals surface area (Å²) in [4.78, 5) is 59.4. The van der Waals surface area contributed by atoms with Gasteiger partial charge in [-0.3, -0.25) is 19.2 Å². The molecule has 0 bridgehead atoms. The number of carboxylic acids is 1. The van der Waals surface area contributed by atoms with E-state index in [1.165, 1.54) is 18.7 Å². The number of hydrogen-bond donors (Lipinski definition) is 6. The Hall–Kier alpha value is -2.34. The average Bonchev–Trinajstić information content (AvgIpc) is 3.22. The van der Waals surface area contributed by atoms with E-state index in [1.807, 2.05) is 6.26 Å².